The molecule has 5 nitrogen and oxygen atoms in total. The second kappa shape index (κ2) is 10.8. The third-order valence-electron chi connectivity index (χ3n) is 7.27. The van der Waals surface area contributed by atoms with Crippen molar-refractivity contribution in [1.29, 1.82) is 0 Å². The molecule has 2 fully saturated rings. The summed E-state index contributed by atoms with van der Waals surface area (Å²) in [6.07, 6.45) is -0.699. The standard InChI is InChI=1S/C27H35F3N4O/c1-19-3-11-24(12-4-19)33-13-15-34(16-14-33)26(35)31-18-21-6-9-22(10-7-21)32-23-8-5-20(2)25(17-23)27(28,29)30/h3-5,8,11-12,17,21-22,32H,6-7,9-10,13-16,18H2,1-2H3,(H,31,35). The summed E-state index contributed by atoms with van der Waals surface area (Å²) in [7, 11) is 0. The zero-order valence-corrected chi connectivity index (χ0v) is 20.5. The van der Waals surface area contributed by atoms with Crippen LogP contribution in [0, 0.1) is 19.8 Å². The van der Waals surface area contributed by atoms with Crippen molar-refractivity contribution >= 4 is 17.4 Å². The highest BCUT2D eigenvalue weighted by Crippen LogP contribution is 2.34. The number of piperazine rings is 1. The molecule has 0 unspecified atom stereocenters. The van der Waals surface area contributed by atoms with E-state index in [0.717, 1.165) is 38.8 Å². The Morgan fingerprint density at radius 1 is 0.943 bits per heavy atom. The molecule has 2 aliphatic rings. The average Bonchev–Trinajstić information content (AvgIpc) is 2.84. The first kappa shape index (κ1) is 25.2. The van der Waals surface area contributed by atoms with Crippen molar-refractivity contribution in [3.63, 3.8) is 0 Å². The molecular weight excluding hydrogens is 453 g/mol. The maximum Gasteiger partial charge on any atom is 0.416 e. The molecule has 8 heteroatoms. The number of alkyl halides is 3. The molecule has 1 aliphatic heterocycles. The van der Waals surface area contributed by atoms with E-state index in [4.69, 9.17) is 0 Å². The zero-order chi connectivity index (χ0) is 25.0. The maximum atomic E-state index is 13.2. The molecule has 2 aromatic rings. The Kier molecular flexibility index (Phi) is 7.77. The van der Waals surface area contributed by atoms with Gasteiger partial charge in [0, 0.05) is 50.1 Å². The molecular formula is C27H35F3N4O. The molecule has 0 radical (unpaired) electrons. The molecule has 0 bridgehead atoms. The highest BCUT2D eigenvalue weighted by atomic mass is 19.4. The first-order valence-electron chi connectivity index (χ1n) is 12.5. The summed E-state index contributed by atoms with van der Waals surface area (Å²) in [5.41, 5.74) is 2.60. The fraction of sp³-hybridized carbons (Fsp3) is 0.519. The summed E-state index contributed by atoms with van der Waals surface area (Å²) in [5, 5.41) is 6.38. The van der Waals surface area contributed by atoms with Gasteiger partial charge in [-0.1, -0.05) is 23.8 Å². The van der Waals surface area contributed by atoms with E-state index in [1.165, 1.54) is 30.3 Å². The lowest BCUT2D eigenvalue weighted by Crippen LogP contribution is -2.52. The molecule has 0 atom stereocenters. The van der Waals surface area contributed by atoms with Crippen molar-refractivity contribution < 1.29 is 18.0 Å². The molecule has 35 heavy (non-hydrogen) atoms. The van der Waals surface area contributed by atoms with Gasteiger partial charge < -0.3 is 20.4 Å². The predicted octanol–water partition coefficient (Wildman–Crippen LogP) is 5.82. The minimum absolute atomic E-state index is 0.00635. The van der Waals surface area contributed by atoms with E-state index in [0.29, 0.717) is 31.2 Å². The second-order valence-corrected chi connectivity index (χ2v) is 9.89. The first-order chi connectivity index (χ1) is 16.7. The summed E-state index contributed by atoms with van der Waals surface area (Å²) >= 11 is 0. The van der Waals surface area contributed by atoms with Gasteiger partial charge in [-0.15, -0.1) is 0 Å². The normalized spacial score (nSPS) is 21.1. The minimum atomic E-state index is -4.34. The van der Waals surface area contributed by atoms with Crippen molar-refractivity contribution in [3.05, 3.63) is 59.2 Å². The van der Waals surface area contributed by atoms with Crippen molar-refractivity contribution in [1.82, 2.24) is 10.2 Å². The number of rotatable bonds is 5. The van der Waals surface area contributed by atoms with Gasteiger partial charge in [0.25, 0.3) is 0 Å². The molecule has 2 aromatic carbocycles. The van der Waals surface area contributed by atoms with Crippen LogP contribution in [0.15, 0.2) is 42.5 Å². The summed E-state index contributed by atoms with van der Waals surface area (Å²) in [4.78, 5) is 16.9. The van der Waals surface area contributed by atoms with Crippen LogP contribution in [0.25, 0.3) is 0 Å². The Labute approximate surface area is 205 Å². The highest BCUT2D eigenvalue weighted by molar-refractivity contribution is 5.74. The van der Waals surface area contributed by atoms with Crippen LogP contribution in [-0.4, -0.2) is 49.7 Å². The SMILES string of the molecule is Cc1ccc(N2CCN(C(=O)NCC3CCC(Nc4ccc(C)c(C(F)(F)F)c4)CC3)CC2)cc1. The number of carbonyl (C=O) groups excluding carboxylic acids is 1. The van der Waals surface area contributed by atoms with E-state index in [2.05, 4.69) is 46.7 Å². The third-order valence-corrected chi connectivity index (χ3v) is 7.27. The van der Waals surface area contributed by atoms with Crippen molar-refractivity contribution in [2.24, 2.45) is 5.92 Å². The first-order valence-corrected chi connectivity index (χ1v) is 12.5. The number of anilines is 2. The van der Waals surface area contributed by atoms with E-state index in [-0.39, 0.29) is 17.6 Å². The van der Waals surface area contributed by atoms with Crippen LogP contribution < -0.4 is 15.5 Å². The van der Waals surface area contributed by atoms with E-state index in [1.54, 1.807) is 6.07 Å². The van der Waals surface area contributed by atoms with E-state index >= 15 is 0 Å². The summed E-state index contributed by atoms with van der Waals surface area (Å²) in [5.74, 6) is 0.398. The third kappa shape index (κ3) is 6.61. The van der Waals surface area contributed by atoms with Crippen LogP contribution in [0.3, 0.4) is 0 Å². The van der Waals surface area contributed by atoms with Gasteiger partial charge in [0.1, 0.15) is 0 Å². The Morgan fingerprint density at radius 3 is 2.23 bits per heavy atom. The summed E-state index contributed by atoms with van der Waals surface area (Å²) in [6.45, 7) is 7.25. The number of halogens is 3. The molecule has 1 heterocycles. The fourth-order valence-corrected chi connectivity index (χ4v) is 5.03. The number of nitrogens with one attached hydrogen (secondary N) is 2. The van der Waals surface area contributed by atoms with Gasteiger partial charge in [-0.3, -0.25) is 0 Å². The molecule has 1 saturated carbocycles. The lowest BCUT2D eigenvalue weighted by Gasteiger charge is -2.36. The summed E-state index contributed by atoms with van der Waals surface area (Å²) < 4.78 is 39.6. The number of urea groups is 1. The quantitative estimate of drug-likeness (QED) is 0.557. The van der Waals surface area contributed by atoms with Crippen molar-refractivity contribution in [2.45, 2.75) is 51.7 Å². The minimum Gasteiger partial charge on any atom is -0.382 e. The van der Waals surface area contributed by atoms with Crippen LogP contribution in [0.1, 0.15) is 42.4 Å². The van der Waals surface area contributed by atoms with Crippen molar-refractivity contribution in [2.75, 3.05) is 42.9 Å². The monoisotopic (exact) mass is 488 g/mol. The van der Waals surface area contributed by atoms with Gasteiger partial charge in [0.05, 0.1) is 5.56 Å². The van der Waals surface area contributed by atoms with Gasteiger partial charge in [-0.2, -0.15) is 13.2 Å². The van der Waals surface area contributed by atoms with Crippen LogP contribution in [-0.2, 0) is 6.18 Å². The Balaban J connectivity index is 1.17. The number of nitrogens with zero attached hydrogens (tertiary/aromatic N) is 2. The summed E-state index contributed by atoms with van der Waals surface area (Å²) in [6, 6.07) is 13.1. The number of aryl methyl sites for hydroxylation is 2. The molecule has 4 rings (SSSR count). The number of hydrogen-bond donors (Lipinski definition) is 2. The largest absolute Gasteiger partial charge is 0.416 e. The Morgan fingerprint density at radius 2 is 1.60 bits per heavy atom. The number of carbonyl (C=O) groups is 1. The topological polar surface area (TPSA) is 47.6 Å². The predicted molar refractivity (Wildman–Crippen MR) is 134 cm³/mol. The molecule has 1 saturated heterocycles. The van der Waals surface area contributed by atoms with Crippen LogP contribution in [0.4, 0.5) is 29.3 Å². The Hall–Kier alpha value is -2.90. The molecule has 0 aromatic heterocycles. The van der Waals surface area contributed by atoms with Gasteiger partial charge in [0.15, 0.2) is 0 Å². The lowest BCUT2D eigenvalue weighted by atomic mass is 9.86. The smallest absolute Gasteiger partial charge is 0.382 e. The molecule has 2 N–H and O–H groups in total. The number of amides is 2. The lowest BCUT2D eigenvalue weighted by molar-refractivity contribution is -0.138. The number of benzene rings is 2. The van der Waals surface area contributed by atoms with Crippen molar-refractivity contribution in [3.8, 4) is 0 Å². The van der Waals surface area contributed by atoms with E-state index < -0.39 is 11.7 Å². The van der Waals surface area contributed by atoms with Crippen LogP contribution in [0.2, 0.25) is 0 Å². The fourth-order valence-electron chi connectivity index (χ4n) is 5.03. The second-order valence-electron chi connectivity index (χ2n) is 9.89. The average molecular weight is 489 g/mol. The molecule has 1 aliphatic carbocycles. The maximum absolute atomic E-state index is 13.2. The molecule has 2 amide bonds. The van der Waals surface area contributed by atoms with Gasteiger partial charge >= 0.3 is 12.2 Å². The van der Waals surface area contributed by atoms with Crippen LogP contribution in [0.5, 0.6) is 0 Å². The Bertz CT molecular complexity index is 992. The van der Waals surface area contributed by atoms with Gasteiger partial charge in [0.2, 0.25) is 0 Å². The number of hydrogen-bond acceptors (Lipinski definition) is 3. The van der Waals surface area contributed by atoms with E-state index in [9.17, 15) is 18.0 Å². The van der Waals surface area contributed by atoms with Gasteiger partial charge in [-0.25, -0.2) is 4.79 Å². The van der Waals surface area contributed by atoms with E-state index in [1.807, 2.05) is 4.90 Å². The highest BCUT2D eigenvalue weighted by Gasteiger charge is 2.33. The van der Waals surface area contributed by atoms with Gasteiger partial charge in [-0.05, 0) is 75.3 Å². The molecule has 190 valence electrons. The molecule has 0 spiro atoms. The zero-order valence-electron chi connectivity index (χ0n) is 20.5. The van der Waals surface area contributed by atoms with Crippen LogP contribution >= 0.6 is 0 Å².